The van der Waals surface area contributed by atoms with Crippen LogP contribution in [0.1, 0.15) is 44.0 Å². The summed E-state index contributed by atoms with van der Waals surface area (Å²) in [5, 5.41) is 0. The molecule has 1 aliphatic rings. The lowest BCUT2D eigenvalue weighted by atomic mass is 9.91. The molecule has 1 saturated heterocycles. The number of carbonyl (C=O) groups is 2. The zero-order valence-electron chi connectivity index (χ0n) is 14.2. The van der Waals surface area contributed by atoms with Crippen molar-refractivity contribution in [3.05, 3.63) is 29.8 Å². The van der Waals surface area contributed by atoms with Crippen molar-refractivity contribution in [2.24, 2.45) is 5.41 Å². The second-order valence-electron chi connectivity index (χ2n) is 6.88. The normalized spacial score (nSPS) is 16.1. The lowest BCUT2D eigenvalue weighted by molar-refractivity contribution is -0.129. The fourth-order valence-electron chi connectivity index (χ4n) is 2.27. The van der Waals surface area contributed by atoms with Crippen molar-refractivity contribution in [2.45, 2.75) is 38.5 Å². The summed E-state index contributed by atoms with van der Waals surface area (Å²) >= 11 is 0. The van der Waals surface area contributed by atoms with E-state index in [-0.39, 0.29) is 22.8 Å². The lowest BCUT2D eigenvalue weighted by Gasteiger charge is -2.16. The Morgan fingerprint density at radius 1 is 1.08 bits per heavy atom. The number of Topliss-reactive ketones (excluding diaryl/α,β-unsaturated/α-hetero) is 1. The summed E-state index contributed by atoms with van der Waals surface area (Å²) in [6.07, 6.45) is 1.73. The van der Waals surface area contributed by atoms with E-state index in [1.165, 1.54) is 28.6 Å². The SMILES string of the molecule is CC(C)(C)C(=O)COC(=O)c1ccc(S(=O)(=O)N2CCCC2)cc1. The van der Waals surface area contributed by atoms with Crippen molar-refractivity contribution in [3.8, 4) is 0 Å². The van der Waals surface area contributed by atoms with E-state index in [2.05, 4.69) is 0 Å². The van der Waals surface area contributed by atoms with Crippen molar-refractivity contribution >= 4 is 21.8 Å². The van der Waals surface area contributed by atoms with E-state index in [1.807, 2.05) is 0 Å². The van der Waals surface area contributed by atoms with Crippen LogP contribution < -0.4 is 0 Å². The van der Waals surface area contributed by atoms with Gasteiger partial charge in [0.1, 0.15) is 0 Å². The van der Waals surface area contributed by atoms with Gasteiger partial charge in [-0.15, -0.1) is 0 Å². The molecule has 0 N–H and O–H groups in total. The van der Waals surface area contributed by atoms with Gasteiger partial charge in [0, 0.05) is 18.5 Å². The quantitative estimate of drug-likeness (QED) is 0.759. The molecule has 7 heteroatoms. The first-order valence-electron chi connectivity index (χ1n) is 7.93. The van der Waals surface area contributed by atoms with Gasteiger partial charge < -0.3 is 4.74 Å². The zero-order chi connectivity index (χ0) is 18.0. The predicted octanol–water partition coefficient (Wildman–Crippen LogP) is 2.24. The van der Waals surface area contributed by atoms with E-state index in [0.29, 0.717) is 13.1 Å². The third-order valence-corrected chi connectivity index (χ3v) is 5.88. The smallest absolute Gasteiger partial charge is 0.338 e. The number of esters is 1. The number of carbonyl (C=O) groups excluding carboxylic acids is 2. The molecule has 0 radical (unpaired) electrons. The van der Waals surface area contributed by atoms with E-state index in [4.69, 9.17) is 4.74 Å². The molecule has 1 aromatic rings. The minimum absolute atomic E-state index is 0.159. The van der Waals surface area contributed by atoms with Gasteiger partial charge in [-0.05, 0) is 37.1 Å². The van der Waals surface area contributed by atoms with E-state index >= 15 is 0 Å². The van der Waals surface area contributed by atoms with E-state index in [0.717, 1.165) is 12.8 Å². The van der Waals surface area contributed by atoms with Crippen molar-refractivity contribution in [1.82, 2.24) is 4.31 Å². The first-order valence-corrected chi connectivity index (χ1v) is 9.37. The number of hydrogen-bond acceptors (Lipinski definition) is 5. The first-order chi connectivity index (χ1) is 11.1. The maximum Gasteiger partial charge on any atom is 0.338 e. The van der Waals surface area contributed by atoms with Gasteiger partial charge in [0.05, 0.1) is 10.5 Å². The molecule has 24 heavy (non-hydrogen) atoms. The molecule has 0 saturated carbocycles. The Kier molecular flexibility index (Phi) is 5.45. The van der Waals surface area contributed by atoms with Crippen LogP contribution in [0.25, 0.3) is 0 Å². The predicted molar refractivity (Wildman–Crippen MR) is 89.2 cm³/mol. The maximum absolute atomic E-state index is 12.4. The number of nitrogens with zero attached hydrogens (tertiary/aromatic N) is 1. The topological polar surface area (TPSA) is 80.8 Å². The number of sulfonamides is 1. The zero-order valence-corrected chi connectivity index (χ0v) is 15.1. The molecule has 1 fully saturated rings. The van der Waals surface area contributed by atoms with Crippen LogP contribution in [0.5, 0.6) is 0 Å². The summed E-state index contributed by atoms with van der Waals surface area (Å²) in [5.74, 6) is -0.818. The van der Waals surface area contributed by atoms with Crippen LogP contribution in [0.15, 0.2) is 29.2 Å². The molecular formula is C17H23NO5S. The van der Waals surface area contributed by atoms with Crippen molar-refractivity contribution < 1.29 is 22.7 Å². The molecule has 0 aromatic heterocycles. The highest BCUT2D eigenvalue weighted by Gasteiger charge is 2.27. The lowest BCUT2D eigenvalue weighted by Crippen LogP contribution is -2.28. The Balaban J connectivity index is 2.04. The van der Waals surface area contributed by atoms with Gasteiger partial charge in [-0.25, -0.2) is 13.2 Å². The minimum atomic E-state index is -3.50. The third-order valence-electron chi connectivity index (χ3n) is 3.96. The Bertz CT molecular complexity index is 710. The summed E-state index contributed by atoms with van der Waals surface area (Å²) < 4.78 is 31.3. The van der Waals surface area contributed by atoms with Gasteiger partial charge in [-0.1, -0.05) is 20.8 Å². The Hall–Kier alpha value is -1.73. The third kappa shape index (κ3) is 4.21. The second kappa shape index (κ2) is 7.03. The minimum Gasteiger partial charge on any atom is -0.454 e. The van der Waals surface area contributed by atoms with Gasteiger partial charge in [-0.2, -0.15) is 4.31 Å². The molecule has 1 aromatic carbocycles. The number of rotatable bonds is 5. The average molecular weight is 353 g/mol. The molecule has 0 amide bonds. The Morgan fingerprint density at radius 2 is 1.62 bits per heavy atom. The summed E-state index contributed by atoms with van der Waals surface area (Å²) in [6.45, 7) is 6.02. The van der Waals surface area contributed by atoms with E-state index in [1.54, 1.807) is 20.8 Å². The average Bonchev–Trinajstić information content (AvgIpc) is 3.06. The molecule has 0 unspecified atom stereocenters. The van der Waals surface area contributed by atoms with E-state index < -0.39 is 21.4 Å². The Morgan fingerprint density at radius 3 is 2.12 bits per heavy atom. The molecule has 6 nitrogen and oxygen atoms in total. The summed E-state index contributed by atoms with van der Waals surface area (Å²) in [5.41, 5.74) is -0.356. The van der Waals surface area contributed by atoms with Gasteiger partial charge in [0.2, 0.25) is 10.0 Å². The fourth-order valence-corrected chi connectivity index (χ4v) is 3.79. The van der Waals surface area contributed by atoms with Crippen LogP contribution in [-0.4, -0.2) is 44.2 Å². The monoisotopic (exact) mass is 353 g/mol. The van der Waals surface area contributed by atoms with Gasteiger partial charge >= 0.3 is 5.97 Å². The molecule has 0 aliphatic carbocycles. The van der Waals surface area contributed by atoms with Crippen molar-refractivity contribution in [2.75, 3.05) is 19.7 Å². The summed E-state index contributed by atoms with van der Waals surface area (Å²) in [4.78, 5) is 23.9. The molecule has 0 bridgehead atoms. The molecule has 1 heterocycles. The Labute approximate surface area is 142 Å². The van der Waals surface area contributed by atoms with Crippen LogP contribution in [0.2, 0.25) is 0 Å². The number of benzene rings is 1. The fraction of sp³-hybridized carbons (Fsp3) is 0.529. The van der Waals surface area contributed by atoms with E-state index in [9.17, 15) is 18.0 Å². The molecule has 0 atom stereocenters. The largest absolute Gasteiger partial charge is 0.454 e. The molecule has 1 aliphatic heterocycles. The summed E-state index contributed by atoms with van der Waals surface area (Å²) in [6, 6.07) is 5.62. The standard InChI is InChI=1S/C17H23NO5S/c1-17(2,3)15(19)12-23-16(20)13-6-8-14(9-7-13)24(21,22)18-10-4-5-11-18/h6-9H,4-5,10-12H2,1-3H3. The molecule has 132 valence electrons. The van der Waals surface area contributed by atoms with Gasteiger partial charge in [-0.3, -0.25) is 4.79 Å². The van der Waals surface area contributed by atoms with Crippen LogP contribution in [0.4, 0.5) is 0 Å². The van der Waals surface area contributed by atoms with Crippen LogP contribution in [0.3, 0.4) is 0 Å². The highest BCUT2D eigenvalue weighted by molar-refractivity contribution is 7.89. The first kappa shape index (κ1) is 18.6. The van der Waals surface area contributed by atoms with Crippen molar-refractivity contribution in [1.29, 1.82) is 0 Å². The molecule has 2 rings (SSSR count). The molecule has 0 spiro atoms. The highest BCUT2D eigenvalue weighted by Crippen LogP contribution is 2.21. The summed E-state index contributed by atoms with van der Waals surface area (Å²) in [7, 11) is -3.50. The van der Waals surface area contributed by atoms with Crippen molar-refractivity contribution in [3.63, 3.8) is 0 Å². The maximum atomic E-state index is 12.4. The number of ether oxygens (including phenoxy) is 1. The van der Waals surface area contributed by atoms with Crippen LogP contribution >= 0.6 is 0 Å². The van der Waals surface area contributed by atoms with Crippen LogP contribution in [-0.2, 0) is 19.6 Å². The molecular weight excluding hydrogens is 330 g/mol. The second-order valence-corrected chi connectivity index (χ2v) is 8.82. The highest BCUT2D eigenvalue weighted by atomic mass is 32.2. The van der Waals surface area contributed by atoms with Gasteiger partial charge in [0.15, 0.2) is 12.4 Å². The number of hydrogen-bond donors (Lipinski definition) is 0. The number of ketones is 1. The van der Waals surface area contributed by atoms with Gasteiger partial charge in [0.25, 0.3) is 0 Å². The van der Waals surface area contributed by atoms with Crippen LogP contribution in [0, 0.1) is 5.41 Å².